The lowest BCUT2D eigenvalue weighted by molar-refractivity contribution is 0.101. The quantitative estimate of drug-likeness (QED) is 0.686. The van der Waals surface area contributed by atoms with Gasteiger partial charge >= 0.3 is 6.03 Å². The van der Waals surface area contributed by atoms with Crippen molar-refractivity contribution in [2.75, 3.05) is 12.4 Å². The van der Waals surface area contributed by atoms with Crippen LogP contribution in [0.25, 0.3) is 10.2 Å². The molecule has 134 valence electrons. The predicted molar refractivity (Wildman–Crippen MR) is 97.1 cm³/mol. The van der Waals surface area contributed by atoms with Gasteiger partial charge in [0.25, 0.3) is 5.56 Å². The van der Waals surface area contributed by atoms with E-state index in [1.807, 2.05) is 0 Å². The lowest BCUT2D eigenvalue weighted by atomic mass is 10.1. The molecule has 3 aromatic rings. The second-order valence-corrected chi connectivity index (χ2v) is 6.60. The van der Waals surface area contributed by atoms with E-state index in [0.717, 1.165) is 6.07 Å². The largest absolute Gasteiger partial charge is 0.321 e. The molecule has 0 radical (unpaired) electrons. The highest BCUT2D eigenvalue weighted by molar-refractivity contribution is 7.17. The molecule has 0 spiro atoms. The van der Waals surface area contributed by atoms with E-state index in [-0.39, 0.29) is 17.7 Å². The number of Topliss-reactive ketones (excluding diaryl/α,β-unsaturated/α-hetero) is 1. The summed E-state index contributed by atoms with van der Waals surface area (Å²) in [6, 6.07) is 5.02. The molecule has 0 unspecified atom stereocenters. The number of rotatable bonds is 4. The molecule has 2 amide bonds. The fourth-order valence-corrected chi connectivity index (χ4v) is 3.11. The van der Waals surface area contributed by atoms with Gasteiger partial charge in [0.05, 0.1) is 17.6 Å². The molecule has 26 heavy (non-hydrogen) atoms. The van der Waals surface area contributed by atoms with Crippen LogP contribution in [0.2, 0.25) is 0 Å². The van der Waals surface area contributed by atoms with Gasteiger partial charge in [0, 0.05) is 12.7 Å². The maximum absolute atomic E-state index is 13.6. The van der Waals surface area contributed by atoms with Gasteiger partial charge in [-0.3, -0.25) is 9.59 Å². The number of fused-ring (bicyclic) bond motifs is 1. The first-order valence-corrected chi connectivity index (χ1v) is 8.52. The molecule has 0 fully saturated rings. The number of halogens is 1. The van der Waals surface area contributed by atoms with Crippen LogP contribution >= 0.6 is 11.3 Å². The van der Waals surface area contributed by atoms with Gasteiger partial charge in [0.1, 0.15) is 16.3 Å². The summed E-state index contributed by atoms with van der Waals surface area (Å²) in [5.41, 5.74) is 0.521. The van der Waals surface area contributed by atoms with Crippen molar-refractivity contribution in [1.82, 2.24) is 14.9 Å². The minimum atomic E-state index is -0.644. The summed E-state index contributed by atoms with van der Waals surface area (Å²) in [7, 11) is 1.53. The molecule has 0 saturated carbocycles. The lowest BCUT2D eigenvalue weighted by Crippen LogP contribution is -2.32. The number of nitrogens with one attached hydrogen (secondary N) is 2. The number of H-pyrrole nitrogens is 1. The fourth-order valence-electron chi connectivity index (χ4n) is 2.38. The van der Waals surface area contributed by atoms with Crippen molar-refractivity contribution in [3.05, 3.63) is 57.2 Å². The third kappa shape index (κ3) is 3.62. The van der Waals surface area contributed by atoms with Gasteiger partial charge in [-0.2, -0.15) is 0 Å². The topological polar surface area (TPSA) is 95.2 Å². The van der Waals surface area contributed by atoms with E-state index in [0.29, 0.717) is 21.7 Å². The predicted octanol–water partition coefficient (Wildman–Crippen LogP) is 2.99. The number of anilines is 1. The number of nitrogens with zero attached hydrogens (tertiary/aromatic N) is 2. The van der Waals surface area contributed by atoms with Crippen LogP contribution in [0.3, 0.4) is 0 Å². The standard InChI is InChI=1S/C17H15FN4O3S/c1-9(23)11-7-10(3-4-12(11)18)19-17(25)22(2)8-14-20-13-5-6-26-15(13)16(24)21-14/h3-7H,8H2,1-2H3,(H,19,25)(H,20,21,24). The number of hydrogen-bond donors (Lipinski definition) is 2. The molecule has 3 rings (SSSR count). The summed E-state index contributed by atoms with van der Waals surface area (Å²) in [5, 5.41) is 4.35. The number of carbonyl (C=O) groups excluding carboxylic acids is 2. The zero-order valence-electron chi connectivity index (χ0n) is 14.0. The number of ketones is 1. The highest BCUT2D eigenvalue weighted by Gasteiger charge is 2.14. The molecule has 9 heteroatoms. The third-order valence-electron chi connectivity index (χ3n) is 3.69. The van der Waals surface area contributed by atoms with Gasteiger partial charge in [-0.1, -0.05) is 0 Å². The van der Waals surface area contributed by atoms with Crippen molar-refractivity contribution in [3.63, 3.8) is 0 Å². The van der Waals surface area contributed by atoms with E-state index in [2.05, 4.69) is 15.3 Å². The summed E-state index contributed by atoms with van der Waals surface area (Å²) in [5.74, 6) is -0.727. The van der Waals surface area contributed by atoms with E-state index in [1.54, 1.807) is 11.4 Å². The molecule has 0 aliphatic heterocycles. The second kappa shape index (κ2) is 7.04. The number of aromatic nitrogens is 2. The monoisotopic (exact) mass is 374 g/mol. The first kappa shape index (κ1) is 17.7. The first-order valence-electron chi connectivity index (χ1n) is 7.64. The number of hydrogen-bond acceptors (Lipinski definition) is 5. The minimum absolute atomic E-state index is 0.0770. The number of carbonyl (C=O) groups is 2. The van der Waals surface area contributed by atoms with Crippen LogP contribution in [0.4, 0.5) is 14.9 Å². The van der Waals surface area contributed by atoms with Crippen LogP contribution in [0.15, 0.2) is 34.4 Å². The Morgan fingerprint density at radius 1 is 1.35 bits per heavy atom. The Hall–Kier alpha value is -3.07. The minimum Gasteiger partial charge on any atom is -0.320 e. The Morgan fingerprint density at radius 2 is 2.12 bits per heavy atom. The Labute approximate surface area is 151 Å². The average Bonchev–Trinajstić information content (AvgIpc) is 3.05. The van der Waals surface area contributed by atoms with Crippen molar-refractivity contribution in [2.24, 2.45) is 0 Å². The second-order valence-electron chi connectivity index (χ2n) is 5.68. The molecule has 0 aliphatic carbocycles. The third-order valence-corrected chi connectivity index (χ3v) is 4.60. The zero-order chi connectivity index (χ0) is 18.8. The van der Waals surface area contributed by atoms with Crippen molar-refractivity contribution < 1.29 is 14.0 Å². The molecular formula is C17H15FN4O3S. The fraction of sp³-hybridized carbons (Fsp3) is 0.176. The van der Waals surface area contributed by atoms with Crippen LogP contribution in [0.5, 0.6) is 0 Å². The molecular weight excluding hydrogens is 359 g/mol. The van der Waals surface area contributed by atoms with Gasteiger partial charge in [-0.05, 0) is 36.6 Å². The molecule has 2 N–H and O–H groups in total. The lowest BCUT2D eigenvalue weighted by Gasteiger charge is -2.17. The van der Waals surface area contributed by atoms with E-state index >= 15 is 0 Å². The van der Waals surface area contributed by atoms with Crippen molar-refractivity contribution in [2.45, 2.75) is 13.5 Å². The molecule has 2 heterocycles. The number of urea groups is 1. The van der Waals surface area contributed by atoms with Gasteiger partial charge in [0.15, 0.2) is 5.78 Å². The average molecular weight is 374 g/mol. The van der Waals surface area contributed by atoms with Crippen LogP contribution < -0.4 is 10.9 Å². The normalized spacial score (nSPS) is 10.7. The van der Waals surface area contributed by atoms with Gasteiger partial charge < -0.3 is 15.2 Å². The van der Waals surface area contributed by atoms with E-state index in [9.17, 15) is 18.8 Å². The Morgan fingerprint density at radius 3 is 2.85 bits per heavy atom. The Kier molecular flexibility index (Phi) is 4.81. The summed E-state index contributed by atoms with van der Waals surface area (Å²) >= 11 is 1.30. The van der Waals surface area contributed by atoms with Crippen molar-refractivity contribution in [1.29, 1.82) is 0 Å². The number of amides is 2. The number of benzene rings is 1. The highest BCUT2D eigenvalue weighted by atomic mass is 32.1. The summed E-state index contributed by atoms with van der Waals surface area (Å²) in [6.45, 7) is 1.33. The summed E-state index contributed by atoms with van der Waals surface area (Å²) < 4.78 is 14.1. The van der Waals surface area contributed by atoms with Crippen molar-refractivity contribution >= 4 is 39.1 Å². The molecule has 2 aromatic heterocycles. The SMILES string of the molecule is CC(=O)c1cc(NC(=O)N(C)Cc2nc3ccsc3c(=O)[nH]2)ccc1F. The molecule has 0 saturated heterocycles. The van der Waals surface area contributed by atoms with Crippen LogP contribution in [-0.2, 0) is 6.54 Å². The molecule has 0 bridgehead atoms. The zero-order valence-corrected chi connectivity index (χ0v) is 14.8. The molecule has 1 aromatic carbocycles. The maximum atomic E-state index is 13.6. The van der Waals surface area contributed by atoms with Crippen molar-refractivity contribution in [3.8, 4) is 0 Å². The van der Waals surface area contributed by atoms with E-state index < -0.39 is 17.6 Å². The van der Waals surface area contributed by atoms with E-state index in [4.69, 9.17) is 0 Å². The van der Waals surface area contributed by atoms with Crippen LogP contribution in [-0.4, -0.2) is 33.7 Å². The van der Waals surface area contributed by atoms with Gasteiger partial charge in [-0.25, -0.2) is 14.2 Å². The first-order chi connectivity index (χ1) is 12.3. The Balaban J connectivity index is 1.74. The van der Waals surface area contributed by atoms with Crippen LogP contribution in [0, 0.1) is 5.82 Å². The highest BCUT2D eigenvalue weighted by Crippen LogP contribution is 2.17. The van der Waals surface area contributed by atoms with Gasteiger partial charge in [0.2, 0.25) is 0 Å². The number of thiophene rings is 1. The maximum Gasteiger partial charge on any atom is 0.321 e. The molecule has 0 aliphatic rings. The Bertz CT molecular complexity index is 1060. The van der Waals surface area contributed by atoms with Gasteiger partial charge in [-0.15, -0.1) is 11.3 Å². The summed E-state index contributed by atoms with van der Waals surface area (Å²) in [4.78, 5) is 43.9. The summed E-state index contributed by atoms with van der Waals surface area (Å²) in [6.07, 6.45) is 0. The smallest absolute Gasteiger partial charge is 0.320 e. The van der Waals surface area contributed by atoms with E-state index in [1.165, 1.54) is 42.3 Å². The molecule has 0 atom stereocenters. The number of aromatic amines is 1. The van der Waals surface area contributed by atoms with Crippen LogP contribution in [0.1, 0.15) is 23.1 Å². The molecule has 7 nitrogen and oxygen atoms in total.